The zero-order valence-corrected chi connectivity index (χ0v) is 18.9. The van der Waals surface area contributed by atoms with Gasteiger partial charge in [0.15, 0.2) is 5.11 Å². The Balaban J connectivity index is 1.48. The zero-order valence-electron chi connectivity index (χ0n) is 16.6. The van der Waals surface area contributed by atoms with Gasteiger partial charge in [-0.05, 0) is 67.2 Å². The number of amides is 3. The summed E-state index contributed by atoms with van der Waals surface area (Å²) in [5, 5.41) is 6.12. The molecule has 0 bridgehead atoms. The monoisotopic (exact) mass is 483 g/mol. The standard InChI is InChI=1S/C23H15Cl2N3O3S/c1-12-6-7-13(10-17(12)24)20(29)27-23(32)26-19-9-8-14(11-18(19)25)28-21(30)15-4-2-3-5-16(15)22(28)31/h2-11H,1H3,(H2,26,27,29,32). The summed E-state index contributed by atoms with van der Waals surface area (Å²) in [5.41, 5.74) is 2.63. The number of aryl methyl sites for hydroxylation is 1. The van der Waals surface area contributed by atoms with Gasteiger partial charge in [0, 0.05) is 10.6 Å². The van der Waals surface area contributed by atoms with Gasteiger partial charge in [-0.1, -0.05) is 41.4 Å². The molecule has 0 spiro atoms. The van der Waals surface area contributed by atoms with Gasteiger partial charge in [-0.2, -0.15) is 0 Å². The number of nitrogens with one attached hydrogen (secondary N) is 2. The molecule has 1 aliphatic rings. The van der Waals surface area contributed by atoms with Crippen LogP contribution in [0.3, 0.4) is 0 Å². The summed E-state index contributed by atoms with van der Waals surface area (Å²) in [4.78, 5) is 38.8. The molecule has 160 valence electrons. The van der Waals surface area contributed by atoms with E-state index in [1.54, 1.807) is 54.6 Å². The molecular weight excluding hydrogens is 469 g/mol. The van der Waals surface area contributed by atoms with Gasteiger partial charge in [0.05, 0.1) is 27.5 Å². The summed E-state index contributed by atoms with van der Waals surface area (Å²) in [6, 6.07) is 16.2. The second kappa shape index (κ2) is 8.70. The van der Waals surface area contributed by atoms with Gasteiger partial charge in [0.1, 0.15) is 0 Å². The molecule has 0 saturated carbocycles. The minimum absolute atomic E-state index is 0.0297. The van der Waals surface area contributed by atoms with Crippen molar-refractivity contribution >= 4 is 69.6 Å². The Kier molecular flexibility index (Phi) is 5.97. The first-order valence-electron chi connectivity index (χ1n) is 9.42. The fraction of sp³-hybridized carbons (Fsp3) is 0.0435. The molecule has 32 heavy (non-hydrogen) atoms. The van der Waals surface area contributed by atoms with Crippen LogP contribution in [0.5, 0.6) is 0 Å². The average molecular weight is 484 g/mol. The molecule has 3 amide bonds. The number of imide groups is 1. The molecule has 0 fully saturated rings. The molecular formula is C23H15Cl2N3O3S. The van der Waals surface area contributed by atoms with Gasteiger partial charge in [0.25, 0.3) is 17.7 Å². The quantitative estimate of drug-likeness (QED) is 0.393. The van der Waals surface area contributed by atoms with Gasteiger partial charge >= 0.3 is 0 Å². The SMILES string of the molecule is Cc1ccc(C(=O)NC(=S)Nc2ccc(N3C(=O)c4ccccc4C3=O)cc2Cl)cc1Cl. The normalized spacial score (nSPS) is 12.5. The predicted octanol–water partition coefficient (Wildman–Crippen LogP) is 5.23. The van der Waals surface area contributed by atoms with E-state index >= 15 is 0 Å². The predicted molar refractivity (Wildman–Crippen MR) is 129 cm³/mol. The fourth-order valence-corrected chi connectivity index (χ4v) is 3.84. The van der Waals surface area contributed by atoms with Crippen molar-refractivity contribution in [1.29, 1.82) is 0 Å². The topological polar surface area (TPSA) is 78.5 Å². The molecule has 6 nitrogen and oxygen atoms in total. The van der Waals surface area contributed by atoms with E-state index < -0.39 is 17.7 Å². The summed E-state index contributed by atoms with van der Waals surface area (Å²) in [7, 11) is 0. The van der Waals surface area contributed by atoms with Crippen LogP contribution in [0.1, 0.15) is 36.6 Å². The highest BCUT2D eigenvalue weighted by Gasteiger charge is 2.36. The Morgan fingerprint density at radius 2 is 1.56 bits per heavy atom. The molecule has 3 aromatic rings. The largest absolute Gasteiger partial charge is 0.331 e. The number of fused-ring (bicyclic) bond motifs is 1. The van der Waals surface area contributed by atoms with Gasteiger partial charge in [-0.3, -0.25) is 19.7 Å². The van der Waals surface area contributed by atoms with E-state index in [0.717, 1.165) is 10.5 Å². The second-order valence-corrected chi connectivity index (χ2v) is 8.25. The van der Waals surface area contributed by atoms with Gasteiger partial charge < -0.3 is 5.32 Å². The van der Waals surface area contributed by atoms with Crippen molar-refractivity contribution in [3.8, 4) is 0 Å². The van der Waals surface area contributed by atoms with Crippen LogP contribution < -0.4 is 15.5 Å². The fourth-order valence-electron chi connectivity index (χ4n) is 3.23. The number of rotatable bonds is 3. The second-order valence-electron chi connectivity index (χ2n) is 7.03. The lowest BCUT2D eigenvalue weighted by Gasteiger charge is -2.16. The van der Waals surface area contributed by atoms with Crippen molar-refractivity contribution in [2.24, 2.45) is 0 Å². The lowest BCUT2D eigenvalue weighted by molar-refractivity contribution is 0.0923. The molecule has 0 atom stereocenters. The molecule has 9 heteroatoms. The molecule has 1 heterocycles. The minimum Gasteiger partial charge on any atom is -0.331 e. The van der Waals surface area contributed by atoms with Crippen molar-refractivity contribution in [2.45, 2.75) is 6.92 Å². The number of hydrogen-bond acceptors (Lipinski definition) is 4. The molecule has 4 rings (SSSR count). The minimum atomic E-state index is -0.428. The average Bonchev–Trinajstić information content (AvgIpc) is 3.02. The number of benzene rings is 3. The maximum atomic E-state index is 12.7. The van der Waals surface area contributed by atoms with E-state index in [1.165, 1.54) is 6.07 Å². The Morgan fingerprint density at radius 1 is 0.906 bits per heavy atom. The van der Waals surface area contributed by atoms with Gasteiger partial charge in [-0.25, -0.2) is 4.90 Å². The summed E-state index contributed by atoms with van der Waals surface area (Å²) in [6.45, 7) is 1.84. The van der Waals surface area contributed by atoms with Crippen molar-refractivity contribution in [2.75, 3.05) is 10.2 Å². The summed E-state index contributed by atoms with van der Waals surface area (Å²) in [6.07, 6.45) is 0. The maximum absolute atomic E-state index is 12.7. The molecule has 3 aromatic carbocycles. The number of carbonyl (C=O) groups is 3. The van der Waals surface area contributed by atoms with Crippen molar-refractivity contribution in [3.05, 3.63) is 93.0 Å². The molecule has 0 aromatic heterocycles. The summed E-state index contributed by atoms with van der Waals surface area (Å²) < 4.78 is 0. The number of halogens is 2. The molecule has 0 aliphatic carbocycles. The zero-order chi connectivity index (χ0) is 23.0. The number of hydrogen-bond donors (Lipinski definition) is 2. The van der Waals surface area contributed by atoms with Crippen molar-refractivity contribution in [1.82, 2.24) is 5.32 Å². The molecule has 0 saturated heterocycles. The van der Waals surface area contributed by atoms with Crippen LogP contribution in [0.15, 0.2) is 60.7 Å². The maximum Gasteiger partial charge on any atom is 0.266 e. The van der Waals surface area contributed by atoms with E-state index in [-0.39, 0.29) is 10.1 Å². The third kappa shape index (κ3) is 4.10. The number of anilines is 2. The van der Waals surface area contributed by atoms with E-state index in [0.29, 0.717) is 33.1 Å². The lowest BCUT2D eigenvalue weighted by atomic mass is 10.1. The number of nitrogens with zero attached hydrogens (tertiary/aromatic N) is 1. The van der Waals surface area contributed by atoms with Crippen LogP contribution in [-0.2, 0) is 0 Å². The van der Waals surface area contributed by atoms with Crippen LogP contribution in [0.25, 0.3) is 0 Å². The van der Waals surface area contributed by atoms with Crippen LogP contribution in [0.4, 0.5) is 11.4 Å². The van der Waals surface area contributed by atoms with E-state index in [4.69, 9.17) is 35.4 Å². The number of carbonyl (C=O) groups excluding carboxylic acids is 3. The van der Waals surface area contributed by atoms with Crippen molar-refractivity contribution in [3.63, 3.8) is 0 Å². The molecule has 0 radical (unpaired) electrons. The Hall–Kier alpha value is -3.26. The summed E-state index contributed by atoms with van der Waals surface area (Å²) >= 11 is 17.6. The van der Waals surface area contributed by atoms with Crippen LogP contribution in [0.2, 0.25) is 10.0 Å². The Morgan fingerprint density at radius 3 is 2.16 bits per heavy atom. The Labute approximate surface area is 199 Å². The first kappa shape index (κ1) is 22.0. The molecule has 0 unspecified atom stereocenters. The van der Waals surface area contributed by atoms with Crippen LogP contribution in [-0.4, -0.2) is 22.8 Å². The molecule has 2 N–H and O–H groups in total. The highest BCUT2D eigenvalue weighted by atomic mass is 35.5. The van der Waals surface area contributed by atoms with E-state index in [9.17, 15) is 14.4 Å². The smallest absolute Gasteiger partial charge is 0.266 e. The van der Waals surface area contributed by atoms with E-state index in [1.807, 2.05) is 6.92 Å². The highest BCUT2D eigenvalue weighted by Crippen LogP contribution is 2.32. The third-order valence-corrected chi connectivity index (χ3v) is 5.84. The van der Waals surface area contributed by atoms with Gasteiger partial charge in [0.2, 0.25) is 0 Å². The Bertz CT molecular complexity index is 1270. The first-order chi connectivity index (χ1) is 15.3. The van der Waals surface area contributed by atoms with Crippen LogP contribution >= 0.6 is 35.4 Å². The van der Waals surface area contributed by atoms with E-state index in [2.05, 4.69) is 10.6 Å². The van der Waals surface area contributed by atoms with Gasteiger partial charge in [-0.15, -0.1) is 0 Å². The first-order valence-corrected chi connectivity index (χ1v) is 10.6. The summed E-state index contributed by atoms with van der Waals surface area (Å²) in [5.74, 6) is -1.26. The highest BCUT2D eigenvalue weighted by molar-refractivity contribution is 7.80. The molecule has 1 aliphatic heterocycles. The van der Waals surface area contributed by atoms with Crippen LogP contribution in [0, 0.1) is 6.92 Å². The lowest BCUT2D eigenvalue weighted by Crippen LogP contribution is -2.34. The third-order valence-electron chi connectivity index (χ3n) is 4.91. The van der Waals surface area contributed by atoms with Crippen molar-refractivity contribution < 1.29 is 14.4 Å². The number of thiocarbonyl (C=S) groups is 1.